The van der Waals surface area contributed by atoms with Gasteiger partial charge in [0.25, 0.3) is 0 Å². The Morgan fingerprint density at radius 2 is 1.40 bits per heavy atom. The van der Waals surface area contributed by atoms with Gasteiger partial charge in [-0.1, -0.05) is 17.6 Å². The minimum absolute atomic E-state index is 0.120. The molecule has 0 saturated carbocycles. The summed E-state index contributed by atoms with van der Waals surface area (Å²) in [5.41, 5.74) is -2.77. The van der Waals surface area contributed by atoms with Gasteiger partial charge < -0.3 is 0 Å². The molecule has 15 heavy (non-hydrogen) atoms. The third-order valence-electron chi connectivity index (χ3n) is 1.87. The average Bonchev–Trinajstić information content (AvgIpc) is 2.00. The first kappa shape index (κ1) is 11.9. The Hall–Kier alpha value is -1.14. The van der Waals surface area contributed by atoms with Gasteiger partial charge in [0.1, 0.15) is 7.85 Å². The van der Waals surface area contributed by atoms with E-state index in [1.807, 2.05) is 0 Å². The molecule has 82 valence electrons. The summed E-state index contributed by atoms with van der Waals surface area (Å²) in [6.07, 6.45) is -9.51. The van der Waals surface area contributed by atoms with E-state index >= 15 is 0 Å². The van der Waals surface area contributed by atoms with Crippen LogP contribution in [-0.4, -0.2) is 7.85 Å². The Morgan fingerprint density at radius 3 is 1.80 bits per heavy atom. The van der Waals surface area contributed by atoms with Crippen molar-refractivity contribution in [1.29, 1.82) is 0 Å². The minimum Gasteiger partial charge on any atom is -0.166 e. The highest BCUT2D eigenvalue weighted by atomic mass is 19.4. The molecule has 7 heteroatoms. The molecule has 0 fully saturated rings. The third-order valence-corrected chi connectivity index (χ3v) is 1.87. The van der Waals surface area contributed by atoms with E-state index in [0.717, 1.165) is 13.9 Å². The standard InChI is InChI=1S/C8H5BF6/c9-6-2-1-4(7(10,11)12)3-5(6)8(13,14)15/h1-3H,9H2. The van der Waals surface area contributed by atoms with Gasteiger partial charge in [0.05, 0.1) is 5.56 Å². The Bertz CT molecular complexity index is 364. The topological polar surface area (TPSA) is 0 Å². The molecule has 1 aromatic rings. The maximum Gasteiger partial charge on any atom is 0.416 e. The van der Waals surface area contributed by atoms with E-state index in [9.17, 15) is 26.3 Å². The maximum absolute atomic E-state index is 12.2. The number of alkyl halides is 6. The van der Waals surface area contributed by atoms with Gasteiger partial charge in [-0.25, -0.2) is 0 Å². The summed E-state index contributed by atoms with van der Waals surface area (Å²) in [5, 5.41) is 0. The van der Waals surface area contributed by atoms with Gasteiger partial charge in [-0.3, -0.25) is 0 Å². The zero-order chi connectivity index (χ0) is 11.9. The van der Waals surface area contributed by atoms with E-state index in [2.05, 4.69) is 0 Å². The lowest BCUT2D eigenvalue weighted by molar-refractivity contribution is -0.142. The fourth-order valence-electron chi connectivity index (χ4n) is 1.10. The normalized spacial score (nSPS) is 12.9. The fourth-order valence-corrected chi connectivity index (χ4v) is 1.10. The SMILES string of the molecule is Bc1ccc(C(F)(F)F)cc1C(F)(F)F. The van der Waals surface area contributed by atoms with Crippen LogP contribution in [0.5, 0.6) is 0 Å². The van der Waals surface area contributed by atoms with Crippen molar-refractivity contribution in [3.05, 3.63) is 29.3 Å². The Balaban J connectivity index is 3.30. The molecule has 0 saturated heterocycles. The fraction of sp³-hybridized carbons (Fsp3) is 0.250. The van der Waals surface area contributed by atoms with Crippen LogP contribution in [-0.2, 0) is 12.4 Å². The van der Waals surface area contributed by atoms with Crippen LogP contribution in [0.15, 0.2) is 18.2 Å². The number of hydrogen-bond donors (Lipinski definition) is 0. The summed E-state index contributed by atoms with van der Waals surface area (Å²) in [7, 11) is 1.11. The minimum atomic E-state index is -4.76. The molecule has 0 amide bonds. The van der Waals surface area contributed by atoms with Crippen LogP contribution in [0, 0.1) is 0 Å². The quantitative estimate of drug-likeness (QED) is 0.468. The van der Waals surface area contributed by atoms with Gasteiger partial charge in [0.2, 0.25) is 0 Å². The molecule has 0 spiro atoms. The Kier molecular flexibility index (Phi) is 2.76. The second kappa shape index (κ2) is 3.46. The zero-order valence-corrected chi connectivity index (χ0v) is 7.50. The van der Waals surface area contributed by atoms with Crippen LogP contribution in [0.3, 0.4) is 0 Å². The molecule has 0 aliphatic rings. The van der Waals surface area contributed by atoms with Crippen molar-refractivity contribution in [1.82, 2.24) is 0 Å². The van der Waals surface area contributed by atoms with E-state index in [0.29, 0.717) is 6.07 Å². The summed E-state index contributed by atoms with van der Waals surface area (Å²) in [4.78, 5) is 0. The molecule has 0 N–H and O–H groups in total. The van der Waals surface area contributed by atoms with Gasteiger partial charge in [0, 0.05) is 5.56 Å². The van der Waals surface area contributed by atoms with Gasteiger partial charge in [-0.05, 0) is 6.07 Å². The number of hydrogen-bond acceptors (Lipinski definition) is 0. The predicted molar refractivity (Wildman–Crippen MR) is 44.6 cm³/mol. The summed E-state index contributed by atoms with van der Waals surface area (Å²) < 4.78 is 73.1. The Morgan fingerprint density at radius 1 is 0.867 bits per heavy atom. The lowest BCUT2D eigenvalue weighted by Gasteiger charge is -2.13. The van der Waals surface area contributed by atoms with Crippen molar-refractivity contribution < 1.29 is 26.3 Å². The highest BCUT2D eigenvalue weighted by Gasteiger charge is 2.36. The van der Waals surface area contributed by atoms with Crippen LogP contribution in [0.1, 0.15) is 11.1 Å². The van der Waals surface area contributed by atoms with Gasteiger partial charge in [-0.15, -0.1) is 0 Å². The first-order valence-electron chi connectivity index (χ1n) is 3.87. The van der Waals surface area contributed by atoms with Gasteiger partial charge in [-0.2, -0.15) is 26.3 Å². The third kappa shape index (κ3) is 2.67. The molecule has 0 radical (unpaired) electrons. The second-order valence-electron chi connectivity index (χ2n) is 3.03. The first-order chi connectivity index (χ1) is 6.62. The van der Waals surface area contributed by atoms with Crippen molar-refractivity contribution in [3.63, 3.8) is 0 Å². The molecule has 0 unspecified atom stereocenters. The zero-order valence-electron chi connectivity index (χ0n) is 7.50. The van der Waals surface area contributed by atoms with E-state index in [1.165, 1.54) is 0 Å². The lowest BCUT2D eigenvalue weighted by atomic mass is 9.89. The molecule has 0 atom stereocenters. The van der Waals surface area contributed by atoms with Gasteiger partial charge in [0.15, 0.2) is 0 Å². The van der Waals surface area contributed by atoms with Crippen molar-refractivity contribution in [3.8, 4) is 0 Å². The summed E-state index contributed by atoms with van der Waals surface area (Å²) in [6, 6.07) is 1.56. The number of halogens is 6. The molecule has 1 rings (SSSR count). The summed E-state index contributed by atoms with van der Waals surface area (Å²) >= 11 is 0. The molecule has 0 heterocycles. The number of benzene rings is 1. The van der Waals surface area contributed by atoms with E-state index in [-0.39, 0.29) is 11.5 Å². The van der Waals surface area contributed by atoms with E-state index < -0.39 is 23.5 Å². The highest BCUT2D eigenvalue weighted by molar-refractivity contribution is 6.33. The van der Waals surface area contributed by atoms with Crippen molar-refractivity contribution in [2.45, 2.75) is 12.4 Å². The summed E-state index contributed by atoms with van der Waals surface area (Å²) in [5.74, 6) is 0. The van der Waals surface area contributed by atoms with Crippen molar-refractivity contribution in [2.24, 2.45) is 0 Å². The first-order valence-corrected chi connectivity index (χ1v) is 3.87. The monoisotopic (exact) mass is 226 g/mol. The second-order valence-corrected chi connectivity index (χ2v) is 3.03. The molecule has 0 aliphatic heterocycles. The predicted octanol–water partition coefficient (Wildman–Crippen LogP) is 1.98. The molecule has 0 nitrogen and oxygen atoms in total. The molecule has 0 aliphatic carbocycles. The highest BCUT2D eigenvalue weighted by Crippen LogP contribution is 2.33. The van der Waals surface area contributed by atoms with Gasteiger partial charge >= 0.3 is 12.4 Å². The van der Waals surface area contributed by atoms with Crippen LogP contribution < -0.4 is 5.46 Å². The van der Waals surface area contributed by atoms with Crippen LogP contribution >= 0.6 is 0 Å². The van der Waals surface area contributed by atoms with Crippen LogP contribution in [0.4, 0.5) is 26.3 Å². The summed E-state index contributed by atoms with van der Waals surface area (Å²) in [6.45, 7) is 0. The molecule has 0 aromatic heterocycles. The van der Waals surface area contributed by atoms with Crippen LogP contribution in [0.25, 0.3) is 0 Å². The molecule has 1 aromatic carbocycles. The largest absolute Gasteiger partial charge is 0.416 e. The van der Waals surface area contributed by atoms with Crippen molar-refractivity contribution >= 4 is 13.3 Å². The smallest absolute Gasteiger partial charge is 0.166 e. The van der Waals surface area contributed by atoms with Crippen molar-refractivity contribution in [2.75, 3.05) is 0 Å². The average molecular weight is 226 g/mol. The number of rotatable bonds is 0. The Labute approximate surface area is 82.3 Å². The van der Waals surface area contributed by atoms with Crippen LogP contribution in [0.2, 0.25) is 0 Å². The molecule has 0 bridgehead atoms. The lowest BCUT2D eigenvalue weighted by Crippen LogP contribution is -2.21. The van der Waals surface area contributed by atoms with E-state index in [4.69, 9.17) is 0 Å². The molecular formula is C8H5BF6. The van der Waals surface area contributed by atoms with E-state index in [1.54, 1.807) is 0 Å². The molecular weight excluding hydrogens is 221 g/mol. The maximum atomic E-state index is 12.2.